The van der Waals surface area contributed by atoms with Gasteiger partial charge in [0, 0.05) is 5.56 Å². The van der Waals surface area contributed by atoms with Crippen molar-refractivity contribution in [3.05, 3.63) is 52.9 Å². The number of rotatable bonds is 4. The molecule has 1 heterocycles. The standard InChI is InChI=1S/C14H13NO3S/c1-2-18-14(17)11-8-9-19-13(11)15-12(16)10-6-4-3-5-7-10/h3-9H,2H2,1H3,(H,15,16). The average Bonchev–Trinajstić information content (AvgIpc) is 2.88. The summed E-state index contributed by atoms with van der Waals surface area (Å²) < 4.78 is 4.93. The van der Waals surface area contributed by atoms with Crippen LogP contribution >= 0.6 is 11.3 Å². The molecule has 2 aromatic rings. The molecule has 0 bridgehead atoms. The Morgan fingerprint density at radius 3 is 2.63 bits per heavy atom. The van der Waals surface area contributed by atoms with Crippen LogP contribution in [0.2, 0.25) is 0 Å². The van der Waals surface area contributed by atoms with Gasteiger partial charge in [0.2, 0.25) is 0 Å². The molecular weight excluding hydrogens is 262 g/mol. The zero-order valence-electron chi connectivity index (χ0n) is 10.4. The van der Waals surface area contributed by atoms with Crippen LogP contribution in [0.25, 0.3) is 0 Å². The topological polar surface area (TPSA) is 55.4 Å². The van der Waals surface area contributed by atoms with E-state index >= 15 is 0 Å². The van der Waals surface area contributed by atoms with E-state index in [0.717, 1.165) is 0 Å². The average molecular weight is 275 g/mol. The molecule has 1 amide bonds. The van der Waals surface area contributed by atoms with Crippen LogP contribution in [0.3, 0.4) is 0 Å². The van der Waals surface area contributed by atoms with Gasteiger partial charge in [-0.25, -0.2) is 4.79 Å². The number of benzene rings is 1. The van der Waals surface area contributed by atoms with Crippen molar-refractivity contribution >= 4 is 28.2 Å². The van der Waals surface area contributed by atoms with Gasteiger partial charge in [0.05, 0.1) is 12.2 Å². The molecule has 4 nitrogen and oxygen atoms in total. The largest absolute Gasteiger partial charge is 0.462 e. The molecule has 5 heteroatoms. The van der Waals surface area contributed by atoms with E-state index < -0.39 is 5.97 Å². The first kappa shape index (κ1) is 13.3. The number of hydrogen-bond donors (Lipinski definition) is 1. The predicted molar refractivity (Wildman–Crippen MR) is 74.7 cm³/mol. The van der Waals surface area contributed by atoms with Crippen LogP contribution in [0, 0.1) is 0 Å². The lowest BCUT2D eigenvalue weighted by molar-refractivity contribution is 0.0528. The van der Waals surface area contributed by atoms with Crippen molar-refractivity contribution in [2.45, 2.75) is 6.92 Å². The summed E-state index contributed by atoms with van der Waals surface area (Å²) in [6, 6.07) is 10.5. The number of hydrogen-bond acceptors (Lipinski definition) is 4. The molecule has 0 radical (unpaired) electrons. The molecule has 0 fully saturated rings. The van der Waals surface area contributed by atoms with E-state index in [0.29, 0.717) is 22.7 Å². The number of anilines is 1. The van der Waals surface area contributed by atoms with Gasteiger partial charge in [0.15, 0.2) is 0 Å². The van der Waals surface area contributed by atoms with E-state index in [9.17, 15) is 9.59 Å². The lowest BCUT2D eigenvalue weighted by Crippen LogP contribution is -2.14. The lowest BCUT2D eigenvalue weighted by atomic mass is 10.2. The minimum atomic E-state index is -0.424. The van der Waals surface area contributed by atoms with Crippen molar-refractivity contribution in [3.8, 4) is 0 Å². The molecule has 1 N–H and O–H groups in total. The molecule has 0 aliphatic carbocycles. The van der Waals surface area contributed by atoms with E-state index in [1.165, 1.54) is 11.3 Å². The molecule has 0 spiro atoms. The summed E-state index contributed by atoms with van der Waals surface area (Å²) in [4.78, 5) is 23.7. The van der Waals surface area contributed by atoms with Crippen molar-refractivity contribution in [1.29, 1.82) is 0 Å². The monoisotopic (exact) mass is 275 g/mol. The van der Waals surface area contributed by atoms with Crippen LogP contribution in [0.1, 0.15) is 27.6 Å². The van der Waals surface area contributed by atoms with Crippen LogP contribution in [-0.2, 0) is 4.74 Å². The first-order chi connectivity index (χ1) is 9.22. The Bertz CT molecular complexity index is 577. The predicted octanol–water partition coefficient (Wildman–Crippen LogP) is 3.18. The number of ether oxygens (including phenoxy) is 1. The Balaban J connectivity index is 2.14. The van der Waals surface area contributed by atoms with Crippen molar-refractivity contribution in [3.63, 3.8) is 0 Å². The van der Waals surface area contributed by atoms with Gasteiger partial charge in [-0.1, -0.05) is 18.2 Å². The number of thiophene rings is 1. The van der Waals surface area contributed by atoms with Crippen LogP contribution < -0.4 is 5.32 Å². The normalized spacial score (nSPS) is 9.95. The molecule has 0 saturated heterocycles. The summed E-state index contributed by atoms with van der Waals surface area (Å²) in [5.41, 5.74) is 0.932. The summed E-state index contributed by atoms with van der Waals surface area (Å²) in [5, 5.41) is 4.97. The Hall–Kier alpha value is -2.14. The molecule has 1 aromatic carbocycles. The minimum absolute atomic E-state index is 0.242. The highest BCUT2D eigenvalue weighted by atomic mass is 32.1. The van der Waals surface area contributed by atoms with Crippen LogP contribution in [0.4, 0.5) is 5.00 Å². The zero-order valence-corrected chi connectivity index (χ0v) is 11.2. The fourth-order valence-corrected chi connectivity index (χ4v) is 2.31. The molecule has 0 atom stereocenters. The molecule has 98 valence electrons. The van der Waals surface area contributed by atoms with E-state index in [1.54, 1.807) is 42.6 Å². The zero-order chi connectivity index (χ0) is 13.7. The van der Waals surface area contributed by atoms with Gasteiger partial charge in [-0.05, 0) is 30.5 Å². The highest BCUT2D eigenvalue weighted by molar-refractivity contribution is 7.14. The molecular formula is C14H13NO3S. The van der Waals surface area contributed by atoms with Crippen molar-refractivity contribution in [2.24, 2.45) is 0 Å². The van der Waals surface area contributed by atoms with Gasteiger partial charge in [0.25, 0.3) is 5.91 Å². The van der Waals surface area contributed by atoms with E-state index in [1.807, 2.05) is 6.07 Å². The first-order valence-corrected chi connectivity index (χ1v) is 6.71. The summed E-state index contributed by atoms with van der Waals surface area (Å²) in [6.07, 6.45) is 0. The molecule has 2 rings (SSSR count). The highest BCUT2D eigenvalue weighted by Gasteiger charge is 2.16. The van der Waals surface area contributed by atoms with Crippen molar-refractivity contribution < 1.29 is 14.3 Å². The van der Waals surface area contributed by atoms with Crippen molar-refractivity contribution in [1.82, 2.24) is 0 Å². The molecule has 1 aromatic heterocycles. The second-order valence-electron chi connectivity index (χ2n) is 3.70. The molecule has 0 aliphatic rings. The quantitative estimate of drug-likeness (QED) is 0.872. The number of carbonyl (C=O) groups is 2. The fourth-order valence-electron chi connectivity index (χ4n) is 1.54. The Kier molecular flexibility index (Phi) is 4.30. The smallest absolute Gasteiger partial charge is 0.341 e. The molecule has 0 saturated carbocycles. The second-order valence-corrected chi connectivity index (χ2v) is 4.62. The third-order valence-corrected chi connectivity index (χ3v) is 3.25. The Morgan fingerprint density at radius 1 is 1.21 bits per heavy atom. The van der Waals surface area contributed by atoms with Gasteiger partial charge >= 0.3 is 5.97 Å². The maximum atomic E-state index is 12.0. The Labute approximate surface area is 115 Å². The third-order valence-electron chi connectivity index (χ3n) is 2.42. The number of nitrogens with one attached hydrogen (secondary N) is 1. The first-order valence-electron chi connectivity index (χ1n) is 5.83. The second kappa shape index (κ2) is 6.15. The van der Waals surface area contributed by atoms with E-state index in [2.05, 4.69) is 5.32 Å². The van der Waals surface area contributed by atoms with Gasteiger partial charge in [-0.15, -0.1) is 11.3 Å². The molecule has 0 unspecified atom stereocenters. The maximum absolute atomic E-state index is 12.0. The van der Waals surface area contributed by atoms with E-state index in [-0.39, 0.29) is 5.91 Å². The van der Waals surface area contributed by atoms with Crippen LogP contribution in [0.15, 0.2) is 41.8 Å². The minimum Gasteiger partial charge on any atom is -0.462 e. The highest BCUT2D eigenvalue weighted by Crippen LogP contribution is 2.24. The van der Waals surface area contributed by atoms with Crippen LogP contribution in [-0.4, -0.2) is 18.5 Å². The van der Waals surface area contributed by atoms with Crippen LogP contribution in [0.5, 0.6) is 0 Å². The van der Waals surface area contributed by atoms with Gasteiger partial charge in [-0.2, -0.15) is 0 Å². The summed E-state index contributed by atoms with van der Waals surface area (Å²) in [6.45, 7) is 2.05. The molecule has 19 heavy (non-hydrogen) atoms. The van der Waals surface area contributed by atoms with E-state index in [4.69, 9.17) is 4.74 Å². The van der Waals surface area contributed by atoms with Gasteiger partial charge in [0.1, 0.15) is 5.00 Å². The number of carbonyl (C=O) groups excluding carboxylic acids is 2. The summed E-state index contributed by atoms with van der Waals surface area (Å²) in [5.74, 6) is -0.666. The fraction of sp³-hybridized carbons (Fsp3) is 0.143. The SMILES string of the molecule is CCOC(=O)c1ccsc1NC(=O)c1ccccc1. The Morgan fingerprint density at radius 2 is 1.95 bits per heavy atom. The molecule has 0 aliphatic heterocycles. The lowest BCUT2D eigenvalue weighted by Gasteiger charge is -2.06. The third kappa shape index (κ3) is 3.20. The van der Waals surface area contributed by atoms with Gasteiger partial charge in [-0.3, -0.25) is 4.79 Å². The summed E-state index contributed by atoms with van der Waals surface area (Å²) in [7, 11) is 0. The maximum Gasteiger partial charge on any atom is 0.341 e. The van der Waals surface area contributed by atoms with Gasteiger partial charge < -0.3 is 10.1 Å². The number of esters is 1. The summed E-state index contributed by atoms with van der Waals surface area (Å²) >= 11 is 1.29. The van der Waals surface area contributed by atoms with Crippen molar-refractivity contribution in [2.75, 3.05) is 11.9 Å². The number of amides is 1.